The van der Waals surface area contributed by atoms with Crippen molar-refractivity contribution in [1.82, 2.24) is 5.32 Å². The largest absolute Gasteiger partial charge is 0.493 e. The first kappa shape index (κ1) is 18.8. The summed E-state index contributed by atoms with van der Waals surface area (Å²) in [6.07, 6.45) is 6.90. The fourth-order valence-corrected chi connectivity index (χ4v) is 3.29. The average Bonchev–Trinajstić information content (AvgIpc) is 2.84. The zero-order chi connectivity index (χ0) is 17.5. The van der Waals surface area contributed by atoms with Gasteiger partial charge in [0.1, 0.15) is 0 Å². The molecule has 0 spiro atoms. The third-order valence-electron chi connectivity index (χ3n) is 4.28. The summed E-state index contributed by atoms with van der Waals surface area (Å²) in [4.78, 5) is 23.5. The molecule has 0 aliphatic heterocycles. The molecule has 1 saturated carbocycles. The van der Waals surface area contributed by atoms with Crippen LogP contribution in [0.5, 0.6) is 11.5 Å². The zero-order valence-corrected chi connectivity index (χ0v) is 15.7. The number of benzene rings is 1. The van der Waals surface area contributed by atoms with Crippen molar-refractivity contribution in [3.63, 3.8) is 0 Å². The number of aldehydes is 1. The Hall–Kier alpha value is -1.56. The molecule has 1 N–H and O–H groups in total. The number of ether oxygens (including phenoxy) is 2. The highest BCUT2D eigenvalue weighted by atomic mass is 79.9. The molecule has 1 fully saturated rings. The van der Waals surface area contributed by atoms with Gasteiger partial charge in [0.2, 0.25) is 0 Å². The number of halogens is 1. The Bertz CT molecular complexity index is 583. The van der Waals surface area contributed by atoms with Crippen LogP contribution in [0, 0.1) is 0 Å². The fraction of sp³-hybridized carbons (Fsp3) is 0.556. The van der Waals surface area contributed by atoms with E-state index in [1.54, 1.807) is 19.1 Å². The highest BCUT2D eigenvalue weighted by Gasteiger charge is 2.22. The molecule has 0 unspecified atom stereocenters. The lowest BCUT2D eigenvalue weighted by molar-refractivity contribution is -0.128. The Kier molecular flexibility index (Phi) is 7.09. The molecule has 0 radical (unpaired) electrons. The van der Waals surface area contributed by atoms with Crippen LogP contribution < -0.4 is 14.8 Å². The monoisotopic (exact) mass is 397 g/mol. The topological polar surface area (TPSA) is 64.6 Å². The maximum Gasteiger partial charge on any atom is 0.260 e. The maximum absolute atomic E-state index is 12.4. The highest BCUT2D eigenvalue weighted by Crippen LogP contribution is 2.33. The summed E-state index contributed by atoms with van der Waals surface area (Å²) >= 11 is 3.30. The Morgan fingerprint density at radius 3 is 2.50 bits per heavy atom. The highest BCUT2D eigenvalue weighted by molar-refractivity contribution is 9.10. The molecular formula is C18H24BrNO4. The van der Waals surface area contributed by atoms with Gasteiger partial charge in [-0.1, -0.05) is 25.7 Å². The van der Waals surface area contributed by atoms with Crippen LogP contribution >= 0.6 is 15.9 Å². The first-order valence-corrected chi connectivity index (χ1v) is 9.14. The molecule has 1 aliphatic carbocycles. The Morgan fingerprint density at radius 1 is 1.25 bits per heavy atom. The van der Waals surface area contributed by atoms with Crippen molar-refractivity contribution < 1.29 is 19.1 Å². The van der Waals surface area contributed by atoms with Crippen LogP contribution in [-0.4, -0.2) is 31.4 Å². The van der Waals surface area contributed by atoms with E-state index in [0.29, 0.717) is 21.5 Å². The molecule has 5 nitrogen and oxygen atoms in total. The SMILES string of the molecule is COc1cc(Br)c(C=O)cc1O[C@H](C)C(=O)NC1CCCCCC1. The molecule has 2 rings (SSSR count). The number of carbonyl (C=O) groups excluding carboxylic acids is 2. The summed E-state index contributed by atoms with van der Waals surface area (Å²) in [5.41, 5.74) is 0.446. The van der Waals surface area contributed by atoms with Crippen molar-refractivity contribution >= 4 is 28.1 Å². The van der Waals surface area contributed by atoms with E-state index >= 15 is 0 Å². The summed E-state index contributed by atoms with van der Waals surface area (Å²) in [5.74, 6) is 0.715. The van der Waals surface area contributed by atoms with E-state index < -0.39 is 6.10 Å². The second kappa shape index (κ2) is 9.06. The normalized spacial score (nSPS) is 16.8. The Labute approximate surface area is 151 Å². The number of nitrogens with one attached hydrogen (secondary N) is 1. The Morgan fingerprint density at radius 2 is 1.92 bits per heavy atom. The molecule has 1 aliphatic rings. The van der Waals surface area contributed by atoms with Gasteiger partial charge in [-0.3, -0.25) is 9.59 Å². The van der Waals surface area contributed by atoms with Gasteiger partial charge in [0.05, 0.1) is 7.11 Å². The van der Waals surface area contributed by atoms with Gasteiger partial charge in [0.25, 0.3) is 5.91 Å². The standard InChI is InChI=1S/C18H24BrNO4/c1-12(18(22)20-14-7-5-3-4-6-8-14)24-17-9-13(11-21)15(19)10-16(17)23-2/h9-12,14H,3-8H2,1-2H3,(H,20,22)/t12-/m1/s1. The van der Waals surface area contributed by atoms with E-state index in [-0.39, 0.29) is 11.9 Å². The number of hydrogen-bond donors (Lipinski definition) is 1. The number of rotatable bonds is 6. The minimum atomic E-state index is -0.664. The molecule has 6 heteroatoms. The predicted molar refractivity (Wildman–Crippen MR) is 95.8 cm³/mol. The number of carbonyl (C=O) groups is 2. The lowest BCUT2D eigenvalue weighted by Gasteiger charge is -2.21. The molecule has 0 bridgehead atoms. The third kappa shape index (κ3) is 4.97. The second-order valence-electron chi connectivity index (χ2n) is 6.10. The molecule has 1 atom stereocenters. The van der Waals surface area contributed by atoms with Crippen LogP contribution in [-0.2, 0) is 4.79 Å². The average molecular weight is 398 g/mol. The van der Waals surface area contributed by atoms with Crippen molar-refractivity contribution in [2.24, 2.45) is 0 Å². The summed E-state index contributed by atoms with van der Waals surface area (Å²) in [6, 6.07) is 3.46. The van der Waals surface area contributed by atoms with E-state index in [1.807, 2.05) is 0 Å². The first-order chi connectivity index (χ1) is 11.5. The van der Waals surface area contributed by atoms with Crippen LogP contribution in [0.2, 0.25) is 0 Å². The minimum absolute atomic E-state index is 0.139. The molecule has 0 aromatic heterocycles. The van der Waals surface area contributed by atoms with Crippen LogP contribution in [0.3, 0.4) is 0 Å². The van der Waals surface area contributed by atoms with Crippen LogP contribution in [0.15, 0.2) is 16.6 Å². The second-order valence-corrected chi connectivity index (χ2v) is 6.95. The van der Waals surface area contributed by atoms with Crippen LogP contribution in [0.25, 0.3) is 0 Å². The Balaban J connectivity index is 2.03. The van der Waals surface area contributed by atoms with Crippen molar-refractivity contribution in [2.45, 2.75) is 57.6 Å². The van der Waals surface area contributed by atoms with Gasteiger partial charge in [0.15, 0.2) is 23.9 Å². The molecule has 1 amide bonds. The van der Waals surface area contributed by atoms with E-state index in [1.165, 1.54) is 20.0 Å². The van der Waals surface area contributed by atoms with Gasteiger partial charge in [-0.15, -0.1) is 0 Å². The number of amides is 1. The third-order valence-corrected chi connectivity index (χ3v) is 4.97. The lowest BCUT2D eigenvalue weighted by atomic mass is 10.1. The lowest BCUT2D eigenvalue weighted by Crippen LogP contribution is -2.42. The summed E-state index contributed by atoms with van der Waals surface area (Å²) in [5, 5.41) is 3.07. The van der Waals surface area contributed by atoms with Crippen LogP contribution in [0.4, 0.5) is 0 Å². The smallest absolute Gasteiger partial charge is 0.260 e. The van der Waals surface area contributed by atoms with E-state index in [2.05, 4.69) is 21.2 Å². The fourth-order valence-electron chi connectivity index (χ4n) is 2.88. The molecule has 1 aromatic rings. The van der Waals surface area contributed by atoms with Gasteiger partial charge in [0, 0.05) is 16.1 Å². The molecule has 0 saturated heterocycles. The summed E-state index contributed by atoms with van der Waals surface area (Å²) < 4.78 is 11.6. The van der Waals surface area contributed by atoms with E-state index in [4.69, 9.17) is 9.47 Å². The van der Waals surface area contributed by atoms with Gasteiger partial charge < -0.3 is 14.8 Å². The molecule has 0 heterocycles. The summed E-state index contributed by atoms with van der Waals surface area (Å²) in [6.45, 7) is 1.70. The van der Waals surface area contributed by atoms with Crippen molar-refractivity contribution in [1.29, 1.82) is 0 Å². The molecule has 132 valence electrons. The minimum Gasteiger partial charge on any atom is -0.493 e. The van der Waals surface area contributed by atoms with Crippen LogP contribution in [0.1, 0.15) is 55.8 Å². The van der Waals surface area contributed by atoms with Crippen molar-refractivity contribution in [3.8, 4) is 11.5 Å². The quantitative estimate of drug-likeness (QED) is 0.584. The number of methoxy groups -OCH3 is 1. The summed E-state index contributed by atoms with van der Waals surface area (Å²) in [7, 11) is 1.52. The van der Waals surface area contributed by atoms with Gasteiger partial charge in [-0.25, -0.2) is 0 Å². The molecular weight excluding hydrogens is 374 g/mol. The van der Waals surface area contributed by atoms with Gasteiger partial charge >= 0.3 is 0 Å². The van der Waals surface area contributed by atoms with E-state index in [9.17, 15) is 9.59 Å². The molecule has 1 aromatic carbocycles. The maximum atomic E-state index is 12.4. The van der Waals surface area contributed by atoms with Gasteiger partial charge in [-0.2, -0.15) is 0 Å². The van der Waals surface area contributed by atoms with E-state index in [0.717, 1.165) is 32.0 Å². The molecule has 24 heavy (non-hydrogen) atoms. The first-order valence-electron chi connectivity index (χ1n) is 8.35. The van der Waals surface area contributed by atoms with Gasteiger partial charge in [-0.05, 0) is 47.8 Å². The van der Waals surface area contributed by atoms with Crippen molar-refractivity contribution in [3.05, 3.63) is 22.2 Å². The number of hydrogen-bond acceptors (Lipinski definition) is 4. The predicted octanol–water partition coefficient (Wildman–Crippen LogP) is 3.88. The zero-order valence-electron chi connectivity index (χ0n) is 14.1. The van der Waals surface area contributed by atoms with Crippen molar-refractivity contribution in [2.75, 3.05) is 7.11 Å².